The quantitative estimate of drug-likeness (QED) is 0.204. The van der Waals surface area contributed by atoms with Crippen molar-refractivity contribution in [1.29, 1.82) is 15.8 Å². The summed E-state index contributed by atoms with van der Waals surface area (Å²) < 4.78 is 0. The number of nitrogens with zero attached hydrogens (tertiary/aromatic N) is 4. The summed E-state index contributed by atoms with van der Waals surface area (Å²) in [7, 11) is 0. The lowest BCUT2D eigenvalue weighted by Gasteiger charge is -2.27. The summed E-state index contributed by atoms with van der Waals surface area (Å²) in [5, 5.41) is 28.3. The highest BCUT2D eigenvalue weighted by molar-refractivity contribution is 7.79. The van der Waals surface area contributed by atoms with Crippen LogP contribution in [-0.4, -0.2) is 6.26 Å². The number of hydrogen-bond acceptors (Lipinski definition) is 5. The predicted molar refractivity (Wildman–Crippen MR) is 167 cm³/mol. The van der Waals surface area contributed by atoms with Gasteiger partial charge in [0.2, 0.25) is 0 Å². The largest absolute Gasteiger partial charge is 0.310 e. The molecule has 1 aliphatic carbocycles. The van der Waals surface area contributed by atoms with Gasteiger partial charge in [0.1, 0.15) is 0 Å². The average Bonchev–Trinajstić information content (AvgIpc) is 3.02. The summed E-state index contributed by atoms with van der Waals surface area (Å²) in [4.78, 5) is 2.28. The van der Waals surface area contributed by atoms with E-state index >= 15 is 0 Å². The Bertz CT molecular complexity index is 1610. The zero-order valence-corrected chi connectivity index (χ0v) is 23.6. The second-order valence-corrected chi connectivity index (χ2v) is 9.58. The van der Waals surface area contributed by atoms with Crippen LogP contribution in [0.15, 0.2) is 78.9 Å². The Hall–Kier alpha value is -4.76. The molecule has 40 heavy (non-hydrogen) atoms. The maximum absolute atomic E-state index is 9.55. The molecule has 0 spiro atoms. The van der Waals surface area contributed by atoms with Gasteiger partial charge >= 0.3 is 0 Å². The molecular formula is C35H30N4S. The van der Waals surface area contributed by atoms with Crippen LogP contribution in [0.25, 0.3) is 12.2 Å². The highest BCUT2D eigenvalue weighted by atomic mass is 32.1. The smallest absolute Gasteiger partial charge is 0.0998 e. The number of benzene rings is 4. The summed E-state index contributed by atoms with van der Waals surface area (Å²) >= 11 is 3.53. The van der Waals surface area contributed by atoms with Crippen LogP contribution < -0.4 is 4.90 Å². The molecule has 4 nitrogen and oxygen atoms in total. The molecule has 4 aromatic carbocycles. The molecule has 5 heteroatoms. The van der Waals surface area contributed by atoms with Crippen molar-refractivity contribution in [3.8, 4) is 18.2 Å². The van der Waals surface area contributed by atoms with E-state index < -0.39 is 0 Å². The zero-order chi connectivity index (χ0) is 28.5. The van der Waals surface area contributed by atoms with E-state index in [1.54, 1.807) is 12.3 Å². The molecule has 0 saturated carbocycles. The number of aryl methyl sites for hydroxylation is 3. The third-order valence-corrected chi connectivity index (χ3v) is 7.03. The summed E-state index contributed by atoms with van der Waals surface area (Å²) in [5.74, 6) is 0. The SMILES string of the molecule is CS.Cc1ccc(N(c2ccc(C=Cc3c(C#N)cc(C#N)cc3C#N)cc2)c2ccc3c(c2)CCCC3)cc1. The van der Waals surface area contributed by atoms with E-state index in [1.807, 2.05) is 24.3 Å². The zero-order valence-electron chi connectivity index (χ0n) is 22.7. The Labute approximate surface area is 242 Å². The van der Waals surface area contributed by atoms with Crippen molar-refractivity contribution in [2.24, 2.45) is 0 Å². The maximum atomic E-state index is 9.55. The number of rotatable bonds is 5. The first-order chi connectivity index (χ1) is 19.6. The van der Waals surface area contributed by atoms with Crippen LogP contribution in [0, 0.1) is 40.9 Å². The molecular weight excluding hydrogens is 508 g/mol. The van der Waals surface area contributed by atoms with Crippen LogP contribution in [0.3, 0.4) is 0 Å². The Balaban J connectivity index is 0.00000181. The number of anilines is 3. The van der Waals surface area contributed by atoms with Crippen molar-refractivity contribution in [2.45, 2.75) is 32.6 Å². The predicted octanol–water partition coefficient (Wildman–Crippen LogP) is 8.68. The van der Waals surface area contributed by atoms with Gasteiger partial charge in [-0.3, -0.25) is 0 Å². The normalized spacial score (nSPS) is 11.8. The van der Waals surface area contributed by atoms with Crippen LogP contribution >= 0.6 is 12.6 Å². The minimum Gasteiger partial charge on any atom is -0.310 e. The molecule has 0 aliphatic heterocycles. The number of fused-ring (bicyclic) bond motifs is 1. The fraction of sp³-hybridized carbons (Fsp3) is 0.171. The van der Waals surface area contributed by atoms with Crippen molar-refractivity contribution in [3.63, 3.8) is 0 Å². The molecule has 0 N–H and O–H groups in total. The number of nitriles is 3. The monoisotopic (exact) mass is 538 g/mol. The van der Waals surface area contributed by atoms with Gasteiger partial charge in [0.05, 0.1) is 34.9 Å². The van der Waals surface area contributed by atoms with E-state index in [1.165, 1.54) is 41.7 Å². The van der Waals surface area contributed by atoms with Crippen molar-refractivity contribution in [3.05, 3.63) is 123 Å². The second kappa shape index (κ2) is 13.3. The summed E-state index contributed by atoms with van der Waals surface area (Å²) in [5.41, 5.74) is 9.81. The minimum atomic E-state index is 0.304. The first kappa shape index (κ1) is 28.3. The first-order valence-electron chi connectivity index (χ1n) is 13.2. The van der Waals surface area contributed by atoms with Crippen LogP contribution in [0.2, 0.25) is 0 Å². The Kier molecular flexibility index (Phi) is 9.43. The third kappa shape index (κ3) is 6.27. The molecule has 0 saturated heterocycles. The van der Waals surface area contributed by atoms with Crippen molar-refractivity contribution < 1.29 is 0 Å². The molecule has 0 heterocycles. The van der Waals surface area contributed by atoms with Crippen molar-refractivity contribution in [2.75, 3.05) is 11.2 Å². The van der Waals surface area contributed by atoms with Crippen LogP contribution in [0.1, 0.15) is 57.3 Å². The second-order valence-electron chi connectivity index (χ2n) is 9.58. The molecule has 4 aromatic rings. The van der Waals surface area contributed by atoms with Gasteiger partial charge in [-0.1, -0.05) is 48.0 Å². The van der Waals surface area contributed by atoms with E-state index in [9.17, 15) is 15.8 Å². The third-order valence-electron chi connectivity index (χ3n) is 7.03. The molecule has 0 atom stereocenters. The van der Waals surface area contributed by atoms with Crippen LogP contribution in [0.4, 0.5) is 17.1 Å². The maximum Gasteiger partial charge on any atom is 0.0998 e. The topological polar surface area (TPSA) is 74.6 Å². The first-order valence-corrected chi connectivity index (χ1v) is 14.1. The average molecular weight is 539 g/mol. The molecule has 0 unspecified atom stereocenters. The van der Waals surface area contributed by atoms with E-state index in [2.05, 4.69) is 91.2 Å². The Morgan fingerprint density at radius 3 is 1.77 bits per heavy atom. The molecule has 0 amide bonds. The van der Waals surface area contributed by atoms with Gasteiger partial charge < -0.3 is 4.90 Å². The minimum absolute atomic E-state index is 0.304. The Morgan fingerprint density at radius 1 is 0.650 bits per heavy atom. The van der Waals surface area contributed by atoms with Crippen molar-refractivity contribution in [1.82, 2.24) is 0 Å². The fourth-order valence-electron chi connectivity index (χ4n) is 5.00. The number of hydrogen-bond donors (Lipinski definition) is 1. The van der Waals surface area contributed by atoms with Gasteiger partial charge in [0, 0.05) is 22.6 Å². The summed E-state index contributed by atoms with van der Waals surface area (Å²) in [6, 6.07) is 32.9. The van der Waals surface area contributed by atoms with Crippen molar-refractivity contribution >= 4 is 41.8 Å². The van der Waals surface area contributed by atoms with Gasteiger partial charge in [-0.2, -0.15) is 28.4 Å². The highest BCUT2D eigenvalue weighted by Crippen LogP contribution is 2.37. The van der Waals surface area contributed by atoms with Gasteiger partial charge in [0.25, 0.3) is 0 Å². The van der Waals surface area contributed by atoms with Crippen LogP contribution in [-0.2, 0) is 12.8 Å². The standard InChI is InChI=1S/C34H26N4.CH4S/c1-24-6-12-31(13-7-24)38(33-16-11-27-4-2-3-5-28(27)20-33)32-14-8-25(9-15-32)10-17-34-29(22-36)18-26(21-35)19-30(34)23-37;1-2/h6-20H,2-5H2,1H3;2H,1H3. The highest BCUT2D eigenvalue weighted by Gasteiger charge is 2.16. The molecule has 0 aromatic heterocycles. The lowest BCUT2D eigenvalue weighted by molar-refractivity contribution is 0.685. The molecule has 0 bridgehead atoms. The molecule has 5 rings (SSSR count). The summed E-state index contributed by atoms with van der Waals surface area (Å²) in [6.45, 7) is 2.09. The van der Waals surface area contributed by atoms with Crippen LogP contribution in [0.5, 0.6) is 0 Å². The molecule has 1 aliphatic rings. The van der Waals surface area contributed by atoms with E-state index in [0.29, 0.717) is 22.3 Å². The van der Waals surface area contributed by atoms with Gasteiger partial charge in [-0.05, 0) is 104 Å². The molecule has 0 fully saturated rings. The molecule has 196 valence electrons. The van der Waals surface area contributed by atoms with Gasteiger partial charge in [-0.25, -0.2) is 0 Å². The summed E-state index contributed by atoms with van der Waals surface area (Å²) in [6.07, 6.45) is 10.1. The molecule has 0 radical (unpaired) electrons. The fourth-order valence-corrected chi connectivity index (χ4v) is 5.00. The van der Waals surface area contributed by atoms with Gasteiger partial charge in [-0.15, -0.1) is 0 Å². The number of thiol groups is 1. The Morgan fingerprint density at radius 2 is 1.20 bits per heavy atom. The van der Waals surface area contributed by atoms with Gasteiger partial charge in [0.15, 0.2) is 0 Å². The van der Waals surface area contributed by atoms with E-state index in [4.69, 9.17) is 0 Å². The lowest BCUT2D eigenvalue weighted by Crippen LogP contribution is -2.12. The van der Waals surface area contributed by atoms with E-state index in [0.717, 1.165) is 35.5 Å². The lowest BCUT2D eigenvalue weighted by atomic mass is 9.91. The van der Waals surface area contributed by atoms with E-state index in [-0.39, 0.29) is 0 Å².